The molecule has 0 atom stereocenters. The van der Waals surface area contributed by atoms with Gasteiger partial charge in [0.05, 0.1) is 0 Å². The van der Waals surface area contributed by atoms with Crippen LogP contribution < -0.4 is 4.74 Å². The van der Waals surface area contributed by atoms with Crippen LogP contribution in [0.3, 0.4) is 0 Å². The summed E-state index contributed by atoms with van der Waals surface area (Å²) < 4.78 is 5.77. The highest BCUT2D eigenvalue weighted by atomic mass is 16.6. The van der Waals surface area contributed by atoms with Crippen molar-refractivity contribution < 1.29 is 9.66 Å². The first-order valence-electron chi connectivity index (χ1n) is 6.05. The number of aromatic nitrogens is 1. The van der Waals surface area contributed by atoms with Crippen molar-refractivity contribution in [3.8, 4) is 5.88 Å². The van der Waals surface area contributed by atoms with Gasteiger partial charge in [-0.25, -0.2) is 4.98 Å². The van der Waals surface area contributed by atoms with Crippen molar-refractivity contribution in [3.05, 3.63) is 34.0 Å². The van der Waals surface area contributed by atoms with Gasteiger partial charge >= 0.3 is 0 Å². The molecule has 6 nitrogen and oxygen atoms in total. The second kappa shape index (κ2) is 5.77. The van der Waals surface area contributed by atoms with Crippen LogP contribution in [0.15, 0.2) is 18.3 Å². The zero-order valence-electron chi connectivity index (χ0n) is 10.4. The SMILES string of the molecule is CN1CCC(Oc2cc(C[N+](=O)[O-])ccn2)CC1. The number of likely N-dealkylation sites (tertiary alicyclic amines) is 1. The van der Waals surface area contributed by atoms with E-state index in [1.54, 1.807) is 18.3 Å². The molecule has 0 saturated carbocycles. The van der Waals surface area contributed by atoms with Crippen molar-refractivity contribution in [2.24, 2.45) is 0 Å². The summed E-state index contributed by atoms with van der Waals surface area (Å²) in [6, 6.07) is 3.30. The van der Waals surface area contributed by atoms with Crippen molar-refractivity contribution in [2.45, 2.75) is 25.5 Å². The highest BCUT2D eigenvalue weighted by Gasteiger charge is 2.18. The van der Waals surface area contributed by atoms with E-state index in [4.69, 9.17) is 4.74 Å². The largest absolute Gasteiger partial charge is 0.474 e. The summed E-state index contributed by atoms with van der Waals surface area (Å²) in [4.78, 5) is 16.5. The molecule has 0 N–H and O–H groups in total. The molecule has 1 fully saturated rings. The Bertz CT molecular complexity index is 417. The third-order valence-corrected chi connectivity index (χ3v) is 3.06. The molecule has 0 aliphatic carbocycles. The molecular weight excluding hydrogens is 234 g/mol. The van der Waals surface area contributed by atoms with Crippen molar-refractivity contribution in [1.82, 2.24) is 9.88 Å². The zero-order valence-corrected chi connectivity index (χ0v) is 10.4. The van der Waals surface area contributed by atoms with Gasteiger partial charge in [0, 0.05) is 35.8 Å². The fourth-order valence-electron chi connectivity index (χ4n) is 2.04. The van der Waals surface area contributed by atoms with Crippen molar-refractivity contribution in [3.63, 3.8) is 0 Å². The molecule has 1 aromatic heterocycles. The van der Waals surface area contributed by atoms with Crippen LogP contribution in [0.5, 0.6) is 5.88 Å². The van der Waals surface area contributed by atoms with E-state index in [0.29, 0.717) is 11.4 Å². The van der Waals surface area contributed by atoms with E-state index in [0.717, 1.165) is 25.9 Å². The predicted molar refractivity (Wildman–Crippen MR) is 66.1 cm³/mol. The Morgan fingerprint density at radius 2 is 2.28 bits per heavy atom. The molecule has 98 valence electrons. The average molecular weight is 251 g/mol. The quantitative estimate of drug-likeness (QED) is 0.596. The third kappa shape index (κ3) is 3.66. The smallest absolute Gasteiger partial charge is 0.229 e. The maximum atomic E-state index is 10.4. The molecule has 1 aliphatic heterocycles. The monoisotopic (exact) mass is 251 g/mol. The maximum Gasteiger partial charge on any atom is 0.229 e. The summed E-state index contributed by atoms with van der Waals surface area (Å²) in [5.41, 5.74) is 0.623. The topological polar surface area (TPSA) is 68.5 Å². The lowest BCUT2D eigenvalue weighted by atomic mass is 10.1. The standard InChI is InChI=1S/C12H17N3O3/c1-14-6-3-11(4-7-14)18-12-8-10(2-5-13-12)9-15(16)17/h2,5,8,11H,3-4,6-7,9H2,1H3. The van der Waals surface area contributed by atoms with Gasteiger partial charge in [-0.05, 0) is 26.0 Å². The molecule has 0 spiro atoms. The van der Waals surface area contributed by atoms with E-state index in [2.05, 4.69) is 16.9 Å². The molecule has 1 aliphatic rings. The van der Waals surface area contributed by atoms with Crippen LogP contribution in [0.2, 0.25) is 0 Å². The van der Waals surface area contributed by atoms with Gasteiger partial charge in [-0.3, -0.25) is 10.1 Å². The van der Waals surface area contributed by atoms with Crippen LogP contribution in [-0.4, -0.2) is 41.0 Å². The minimum Gasteiger partial charge on any atom is -0.474 e. The zero-order chi connectivity index (χ0) is 13.0. The second-order valence-electron chi connectivity index (χ2n) is 4.61. The van der Waals surface area contributed by atoms with Crippen LogP contribution in [0.4, 0.5) is 0 Å². The minimum atomic E-state index is -0.352. The number of pyridine rings is 1. The molecular formula is C12H17N3O3. The summed E-state index contributed by atoms with van der Waals surface area (Å²) in [5, 5.41) is 10.4. The number of rotatable bonds is 4. The first-order valence-corrected chi connectivity index (χ1v) is 6.05. The Kier molecular flexibility index (Phi) is 4.09. The van der Waals surface area contributed by atoms with Gasteiger partial charge in [0.1, 0.15) is 6.10 Å². The Hall–Kier alpha value is -1.69. The highest BCUT2D eigenvalue weighted by molar-refractivity contribution is 5.19. The molecule has 0 aromatic carbocycles. The lowest BCUT2D eigenvalue weighted by Gasteiger charge is -2.28. The van der Waals surface area contributed by atoms with E-state index >= 15 is 0 Å². The van der Waals surface area contributed by atoms with E-state index in [1.807, 2.05) is 0 Å². The summed E-state index contributed by atoms with van der Waals surface area (Å²) >= 11 is 0. The first-order chi connectivity index (χ1) is 8.63. The van der Waals surface area contributed by atoms with Crippen LogP contribution in [0, 0.1) is 10.1 Å². The number of ether oxygens (including phenoxy) is 1. The van der Waals surface area contributed by atoms with Crippen LogP contribution >= 0.6 is 0 Å². The molecule has 0 bridgehead atoms. The van der Waals surface area contributed by atoms with Crippen molar-refractivity contribution in [2.75, 3.05) is 20.1 Å². The fourth-order valence-corrected chi connectivity index (χ4v) is 2.04. The van der Waals surface area contributed by atoms with E-state index in [9.17, 15) is 10.1 Å². The molecule has 1 saturated heterocycles. The normalized spacial score (nSPS) is 17.6. The molecule has 0 radical (unpaired) electrons. The maximum absolute atomic E-state index is 10.4. The van der Waals surface area contributed by atoms with Gasteiger partial charge in [0.25, 0.3) is 0 Å². The van der Waals surface area contributed by atoms with Crippen LogP contribution in [-0.2, 0) is 6.54 Å². The highest BCUT2D eigenvalue weighted by Crippen LogP contribution is 2.17. The Labute approximate surface area is 106 Å². The molecule has 18 heavy (non-hydrogen) atoms. The summed E-state index contributed by atoms with van der Waals surface area (Å²) in [6.45, 7) is 1.84. The molecule has 2 rings (SSSR count). The number of hydrogen-bond donors (Lipinski definition) is 0. The first kappa shape index (κ1) is 12.8. The molecule has 1 aromatic rings. The fraction of sp³-hybridized carbons (Fsp3) is 0.583. The average Bonchev–Trinajstić information content (AvgIpc) is 2.32. The van der Waals surface area contributed by atoms with Crippen LogP contribution in [0.25, 0.3) is 0 Å². The van der Waals surface area contributed by atoms with Gasteiger partial charge in [-0.2, -0.15) is 0 Å². The number of nitro groups is 1. The van der Waals surface area contributed by atoms with E-state index < -0.39 is 0 Å². The summed E-state index contributed by atoms with van der Waals surface area (Å²) in [6.07, 6.45) is 3.66. The van der Waals surface area contributed by atoms with Crippen LogP contribution in [0.1, 0.15) is 18.4 Å². The number of piperidine rings is 1. The Balaban J connectivity index is 1.94. The minimum absolute atomic E-state index is 0.166. The number of nitrogens with zero attached hydrogens (tertiary/aromatic N) is 3. The molecule has 6 heteroatoms. The lowest BCUT2D eigenvalue weighted by Crippen LogP contribution is -2.35. The Morgan fingerprint density at radius 3 is 2.94 bits per heavy atom. The Morgan fingerprint density at radius 1 is 1.56 bits per heavy atom. The molecule has 0 unspecified atom stereocenters. The second-order valence-corrected chi connectivity index (χ2v) is 4.61. The van der Waals surface area contributed by atoms with Gasteiger partial charge < -0.3 is 9.64 Å². The van der Waals surface area contributed by atoms with Crippen molar-refractivity contribution in [1.29, 1.82) is 0 Å². The molecule has 0 amide bonds. The van der Waals surface area contributed by atoms with Gasteiger partial charge in [-0.15, -0.1) is 0 Å². The summed E-state index contributed by atoms with van der Waals surface area (Å²) in [7, 11) is 2.09. The van der Waals surface area contributed by atoms with Gasteiger partial charge in [0.2, 0.25) is 12.4 Å². The molecule has 2 heterocycles. The summed E-state index contributed by atoms with van der Waals surface area (Å²) in [5.74, 6) is 0.490. The van der Waals surface area contributed by atoms with E-state index in [-0.39, 0.29) is 17.6 Å². The third-order valence-electron chi connectivity index (χ3n) is 3.06. The lowest BCUT2D eigenvalue weighted by molar-refractivity contribution is -0.496. The predicted octanol–water partition coefficient (Wildman–Crippen LogP) is 1.33. The van der Waals surface area contributed by atoms with Gasteiger partial charge in [0.15, 0.2) is 0 Å². The number of hydrogen-bond acceptors (Lipinski definition) is 5. The van der Waals surface area contributed by atoms with Gasteiger partial charge in [-0.1, -0.05) is 0 Å². The van der Waals surface area contributed by atoms with Crippen molar-refractivity contribution >= 4 is 0 Å². The van der Waals surface area contributed by atoms with E-state index in [1.165, 1.54) is 0 Å².